The summed E-state index contributed by atoms with van der Waals surface area (Å²) in [5, 5.41) is 20.5. The Kier molecular flexibility index (Phi) is 11.8. The number of carbonyl (C=O) groups excluding carboxylic acids is 6. The highest BCUT2D eigenvalue weighted by Gasteiger charge is 2.48. The molecule has 1 fully saturated rings. The number of aliphatic hydroxyl groups is 1. The zero-order valence-corrected chi connectivity index (χ0v) is 22.0. The summed E-state index contributed by atoms with van der Waals surface area (Å²) in [4.78, 5) is 85.3. The summed E-state index contributed by atoms with van der Waals surface area (Å²) < 4.78 is 40.6. The van der Waals surface area contributed by atoms with E-state index in [2.05, 4.69) is 10.2 Å². The first-order valence-electron chi connectivity index (χ1n) is 11.7. The lowest BCUT2D eigenvalue weighted by molar-refractivity contribution is -0.385. The number of hydrogen-bond acceptors (Lipinski definition) is 14. The van der Waals surface area contributed by atoms with Crippen LogP contribution in [0.3, 0.4) is 0 Å². The molecule has 1 aliphatic heterocycles. The molecule has 2 rings (SSSR count). The van der Waals surface area contributed by atoms with Crippen LogP contribution in [-0.2, 0) is 66.3 Å². The van der Waals surface area contributed by atoms with Crippen LogP contribution in [0.2, 0.25) is 0 Å². The van der Waals surface area contributed by atoms with Crippen molar-refractivity contribution in [2.24, 2.45) is 0 Å². The third kappa shape index (κ3) is 10.2. The largest absolute Gasteiger partial charge is 0.462 e. The van der Waals surface area contributed by atoms with E-state index < -0.39 is 88.4 Å². The van der Waals surface area contributed by atoms with Crippen molar-refractivity contribution in [2.45, 2.75) is 50.5 Å². The molecule has 0 bridgehead atoms. The normalized spacial score (nSPS) is 14.9. The number of imide groups is 1. The minimum atomic E-state index is -4.88. The molecule has 224 valence electrons. The number of amides is 3. The van der Waals surface area contributed by atoms with Crippen molar-refractivity contribution < 1.29 is 66.1 Å². The smallest absolute Gasteiger partial charge is 0.333 e. The summed E-state index contributed by atoms with van der Waals surface area (Å²) >= 11 is 0. The molecule has 18 nitrogen and oxygen atoms in total. The SMILES string of the molecule is O=C(CCC(=O)OCCOC(=O)CCC(=O)ON1C(=O)CC(S(=O)(=O)O)C1=O)NCc1ccc([N+](=O)[O-])c(CO)c1. The molecule has 1 unspecified atom stereocenters. The topological polar surface area (TPSA) is 263 Å². The van der Waals surface area contributed by atoms with E-state index in [-0.39, 0.29) is 42.3 Å². The second-order valence-corrected chi connectivity index (χ2v) is 9.89. The summed E-state index contributed by atoms with van der Waals surface area (Å²) in [5.41, 5.74) is 0.317. The Morgan fingerprint density at radius 1 is 1.02 bits per heavy atom. The first-order chi connectivity index (χ1) is 19.2. The summed E-state index contributed by atoms with van der Waals surface area (Å²) in [5.74, 6) is -6.08. The van der Waals surface area contributed by atoms with Gasteiger partial charge in [-0.1, -0.05) is 6.07 Å². The van der Waals surface area contributed by atoms with Gasteiger partial charge in [0.15, 0.2) is 5.25 Å². The average Bonchev–Trinajstić information content (AvgIpc) is 3.20. The summed E-state index contributed by atoms with van der Waals surface area (Å²) in [7, 11) is -4.88. The summed E-state index contributed by atoms with van der Waals surface area (Å²) in [6, 6.07) is 3.98. The van der Waals surface area contributed by atoms with Gasteiger partial charge in [-0.25, -0.2) is 4.79 Å². The molecule has 0 spiro atoms. The van der Waals surface area contributed by atoms with Gasteiger partial charge in [0.25, 0.3) is 27.6 Å². The maximum Gasteiger partial charge on any atom is 0.333 e. The quantitative estimate of drug-likeness (QED) is 0.0532. The molecule has 41 heavy (non-hydrogen) atoms. The summed E-state index contributed by atoms with van der Waals surface area (Å²) in [6.45, 7) is -1.31. The Balaban J connectivity index is 1.60. The van der Waals surface area contributed by atoms with Gasteiger partial charge in [0.2, 0.25) is 5.91 Å². The predicted octanol–water partition coefficient (Wildman–Crippen LogP) is -1.18. The van der Waals surface area contributed by atoms with Gasteiger partial charge in [0.05, 0.1) is 42.8 Å². The van der Waals surface area contributed by atoms with Crippen molar-refractivity contribution in [3.05, 3.63) is 39.4 Å². The third-order valence-electron chi connectivity index (χ3n) is 5.31. The number of hydroxylamine groups is 2. The van der Waals surface area contributed by atoms with Crippen molar-refractivity contribution in [1.82, 2.24) is 10.4 Å². The van der Waals surface area contributed by atoms with E-state index in [0.29, 0.717) is 5.56 Å². The molecule has 0 aliphatic carbocycles. The first kappa shape index (κ1) is 32.7. The van der Waals surface area contributed by atoms with Crippen LogP contribution < -0.4 is 5.32 Å². The second-order valence-electron chi connectivity index (χ2n) is 8.29. The number of benzene rings is 1. The highest BCUT2D eigenvalue weighted by molar-refractivity contribution is 7.87. The van der Waals surface area contributed by atoms with Crippen molar-refractivity contribution in [1.29, 1.82) is 0 Å². The van der Waals surface area contributed by atoms with E-state index in [1.54, 1.807) is 0 Å². The summed E-state index contributed by atoms with van der Waals surface area (Å²) in [6.07, 6.45) is -2.67. The molecule has 3 amide bonds. The molecule has 19 heteroatoms. The van der Waals surface area contributed by atoms with Crippen molar-refractivity contribution in [3.63, 3.8) is 0 Å². The molecule has 1 heterocycles. The van der Waals surface area contributed by atoms with Crippen LogP contribution in [0.25, 0.3) is 0 Å². The fourth-order valence-electron chi connectivity index (χ4n) is 3.28. The van der Waals surface area contributed by atoms with Crippen LogP contribution in [-0.4, -0.2) is 82.2 Å². The van der Waals surface area contributed by atoms with Crippen LogP contribution in [0.15, 0.2) is 18.2 Å². The maximum atomic E-state index is 11.9. The minimum absolute atomic E-state index is 0.00188. The van der Waals surface area contributed by atoms with Crippen LogP contribution in [0.5, 0.6) is 0 Å². The van der Waals surface area contributed by atoms with E-state index in [4.69, 9.17) is 14.0 Å². The molecule has 1 saturated heterocycles. The number of aliphatic hydroxyl groups excluding tert-OH is 1. The number of nitrogens with zero attached hydrogens (tertiary/aromatic N) is 2. The van der Waals surface area contributed by atoms with Crippen LogP contribution in [0.1, 0.15) is 43.2 Å². The number of hydrogen-bond donors (Lipinski definition) is 3. The molecular formula is C22H25N3O15S. The zero-order valence-electron chi connectivity index (χ0n) is 21.2. The molecule has 1 atom stereocenters. The lowest BCUT2D eigenvalue weighted by Gasteiger charge is -2.13. The standard InChI is InChI=1S/C22H25N3O15S/c26-12-14-9-13(1-2-15(14)25(33)34)11-23-17(27)3-4-19(29)38-7-8-39-20(30)5-6-21(31)40-24-18(28)10-16(22(24)32)41(35,36)37/h1-2,9,16,26H,3-8,10-12H2,(H,23,27)(H,35,36,37). The van der Waals surface area contributed by atoms with Gasteiger partial charge in [-0.15, -0.1) is 5.06 Å². The Morgan fingerprint density at radius 2 is 1.61 bits per heavy atom. The van der Waals surface area contributed by atoms with E-state index in [9.17, 15) is 52.4 Å². The lowest BCUT2D eigenvalue weighted by Crippen LogP contribution is -2.36. The fraction of sp³-hybridized carbons (Fsp3) is 0.455. The van der Waals surface area contributed by atoms with Gasteiger partial charge < -0.3 is 24.7 Å². The van der Waals surface area contributed by atoms with Gasteiger partial charge in [-0.3, -0.25) is 38.6 Å². The highest BCUT2D eigenvalue weighted by Crippen LogP contribution is 2.21. The molecule has 0 aromatic heterocycles. The monoisotopic (exact) mass is 603 g/mol. The zero-order chi connectivity index (χ0) is 30.7. The molecule has 1 aromatic rings. The number of nitro groups is 1. The second kappa shape index (κ2) is 14.8. The van der Waals surface area contributed by atoms with Crippen LogP contribution in [0, 0.1) is 10.1 Å². The Bertz CT molecular complexity index is 1330. The van der Waals surface area contributed by atoms with Gasteiger partial charge in [-0.2, -0.15) is 8.42 Å². The van der Waals surface area contributed by atoms with E-state index in [0.717, 1.165) is 0 Å². The number of nitro benzene ring substituents is 1. The fourth-order valence-corrected chi connectivity index (χ4v) is 3.98. The average molecular weight is 604 g/mol. The molecule has 1 aliphatic rings. The Labute approximate surface area is 231 Å². The molecule has 3 N–H and O–H groups in total. The molecular weight excluding hydrogens is 578 g/mol. The van der Waals surface area contributed by atoms with E-state index in [1.807, 2.05) is 0 Å². The number of ether oxygens (including phenoxy) is 2. The maximum absolute atomic E-state index is 11.9. The van der Waals surface area contributed by atoms with Gasteiger partial charge in [0.1, 0.15) is 13.2 Å². The minimum Gasteiger partial charge on any atom is -0.462 e. The van der Waals surface area contributed by atoms with Crippen LogP contribution >= 0.6 is 0 Å². The lowest BCUT2D eigenvalue weighted by atomic mass is 10.1. The van der Waals surface area contributed by atoms with Gasteiger partial charge in [-0.05, 0) is 11.6 Å². The third-order valence-corrected chi connectivity index (χ3v) is 6.40. The van der Waals surface area contributed by atoms with E-state index in [1.165, 1.54) is 18.2 Å². The number of carbonyl (C=O) groups is 6. The Hall–Kier alpha value is -4.49. The van der Waals surface area contributed by atoms with Gasteiger partial charge in [0, 0.05) is 19.0 Å². The Morgan fingerprint density at radius 3 is 2.15 bits per heavy atom. The van der Waals surface area contributed by atoms with Crippen LogP contribution in [0.4, 0.5) is 5.69 Å². The predicted molar refractivity (Wildman–Crippen MR) is 129 cm³/mol. The van der Waals surface area contributed by atoms with E-state index >= 15 is 0 Å². The van der Waals surface area contributed by atoms with Crippen molar-refractivity contribution in [2.75, 3.05) is 13.2 Å². The number of nitrogens with one attached hydrogen (secondary N) is 1. The van der Waals surface area contributed by atoms with Crippen molar-refractivity contribution in [3.8, 4) is 0 Å². The number of esters is 2. The van der Waals surface area contributed by atoms with Crippen molar-refractivity contribution >= 4 is 51.4 Å². The molecule has 0 saturated carbocycles. The number of rotatable bonds is 15. The molecule has 1 aromatic carbocycles. The van der Waals surface area contributed by atoms with Gasteiger partial charge >= 0.3 is 17.9 Å². The first-order valence-corrected chi connectivity index (χ1v) is 13.2. The molecule has 0 radical (unpaired) electrons. The highest BCUT2D eigenvalue weighted by atomic mass is 32.2.